The Labute approximate surface area is 161 Å². The van der Waals surface area contributed by atoms with Crippen molar-refractivity contribution in [3.63, 3.8) is 0 Å². The minimum atomic E-state index is -0.609. The highest BCUT2D eigenvalue weighted by molar-refractivity contribution is 5.82. The molecule has 0 saturated carbocycles. The number of carbonyl (C=O) groups is 1. The number of rotatable bonds is 3. The zero-order valence-electron chi connectivity index (χ0n) is 15.1. The molecule has 2 aromatic heterocycles. The van der Waals surface area contributed by atoms with Gasteiger partial charge in [0.05, 0.1) is 11.8 Å². The quantitative estimate of drug-likeness (QED) is 0.689. The molecule has 0 radical (unpaired) electrons. The summed E-state index contributed by atoms with van der Waals surface area (Å²) in [5.74, 6) is 2.44. The molecule has 5 rings (SSSR count). The average Bonchev–Trinajstić information content (AvgIpc) is 3.45. The maximum atomic E-state index is 12.8. The van der Waals surface area contributed by atoms with Gasteiger partial charge in [0.1, 0.15) is 12.9 Å². The van der Waals surface area contributed by atoms with Crippen LogP contribution in [0.5, 0.6) is 11.5 Å². The molecule has 4 heterocycles. The molecule has 0 bridgehead atoms. The first-order valence-electron chi connectivity index (χ1n) is 9.31. The summed E-state index contributed by atoms with van der Waals surface area (Å²) in [6.45, 7) is 1.47. The number of amides is 1. The van der Waals surface area contributed by atoms with Crippen molar-refractivity contribution in [1.29, 1.82) is 0 Å². The second-order valence-electron chi connectivity index (χ2n) is 6.92. The highest BCUT2D eigenvalue weighted by Crippen LogP contribution is 2.33. The van der Waals surface area contributed by atoms with Crippen molar-refractivity contribution >= 4 is 5.91 Å². The van der Waals surface area contributed by atoms with Crippen molar-refractivity contribution in [2.45, 2.75) is 24.9 Å². The number of fused-ring (bicyclic) bond motifs is 1. The van der Waals surface area contributed by atoms with Gasteiger partial charge in [0.15, 0.2) is 11.5 Å². The van der Waals surface area contributed by atoms with Crippen molar-refractivity contribution in [2.75, 3.05) is 19.7 Å². The van der Waals surface area contributed by atoms with Crippen molar-refractivity contribution in [3.05, 3.63) is 48.7 Å². The van der Waals surface area contributed by atoms with Crippen LogP contribution in [0, 0.1) is 0 Å². The van der Waals surface area contributed by atoms with Crippen LogP contribution < -0.4 is 9.47 Å². The molecule has 0 aliphatic carbocycles. The molecule has 144 valence electrons. The predicted octanol–water partition coefficient (Wildman–Crippen LogP) is 2.88. The van der Waals surface area contributed by atoms with Crippen LogP contribution in [0.2, 0.25) is 0 Å². The van der Waals surface area contributed by atoms with Crippen LogP contribution in [0.25, 0.3) is 11.5 Å². The number of nitrogens with zero attached hydrogens (tertiary/aromatic N) is 3. The normalized spacial score (nSPS) is 19.6. The van der Waals surface area contributed by atoms with Crippen LogP contribution in [0.4, 0.5) is 0 Å². The Morgan fingerprint density at radius 3 is 2.68 bits per heavy atom. The Morgan fingerprint density at radius 1 is 1.07 bits per heavy atom. The smallest absolute Gasteiger partial charge is 0.267 e. The van der Waals surface area contributed by atoms with Crippen LogP contribution in [-0.2, 0) is 4.79 Å². The van der Waals surface area contributed by atoms with Gasteiger partial charge in [-0.15, -0.1) is 10.2 Å². The van der Waals surface area contributed by atoms with E-state index >= 15 is 0 Å². The number of hydrogen-bond acceptors (Lipinski definition) is 7. The Bertz CT molecular complexity index is 960. The fourth-order valence-corrected chi connectivity index (χ4v) is 3.59. The maximum absolute atomic E-state index is 12.8. The number of benzene rings is 1. The summed E-state index contributed by atoms with van der Waals surface area (Å²) in [5, 5.41) is 8.26. The molecule has 1 atom stereocenters. The number of likely N-dealkylation sites (tertiary alicyclic amines) is 1. The second-order valence-corrected chi connectivity index (χ2v) is 6.92. The fraction of sp³-hybridized carbons (Fsp3) is 0.350. The van der Waals surface area contributed by atoms with Gasteiger partial charge in [-0.1, -0.05) is 12.1 Å². The molecule has 28 heavy (non-hydrogen) atoms. The van der Waals surface area contributed by atoms with Crippen molar-refractivity contribution in [3.8, 4) is 23.0 Å². The molecule has 1 fully saturated rings. The summed E-state index contributed by atoms with van der Waals surface area (Å²) in [6, 6.07) is 9.17. The van der Waals surface area contributed by atoms with Gasteiger partial charge >= 0.3 is 0 Å². The van der Waals surface area contributed by atoms with Crippen molar-refractivity contribution < 1.29 is 23.1 Å². The molecule has 0 N–H and O–H groups in total. The third-order valence-electron chi connectivity index (χ3n) is 5.15. The number of piperidine rings is 1. The summed E-state index contributed by atoms with van der Waals surface area (Å²) >= 11 is 0. The first kappa shape index (κ1) is 16.9. The third-order valence-corrected chi connectivity index (χ3v) is 5.15. The molecule has 1 aromatic carbocycles. The Kier molecular flexibility index (Phi) is 4.23. The van der Waals surface area contributed by atoms with E-state index in [1.165, 1.54) is 0 Å². The number of hydrogen-bond donors (Lipinski definition) is 0. The summed E-state index contributed by atoms with van der Waals surface area (Å²) in [4.78, 5) is 14.6. The Hall–Kier alpha value is -3.29. The SMILES string of the molecule is O=C(C1COc2ccccc2O1)N1CCC(c2nnc(-c3ccoc3)o2)CC1. The van der Waals surface area contributed by atoms with Crippen molar-refractivity contribution in [2.24, 2.45) is 0 Å². The van der Waals surface area contributed by atoms with Gasteiger partial charge in [0.25, 0.3) is 11.8 Å². The van der Waals surface area contributed by atoms with Gasteiger partial charge < -0.3 is 23.2 Å². The first-order valence-corrected chi connectivity index (χ1v) is 9.31. The minimum absolute atomic E-state index is 0.0439. The number of aromatic nitrogens is 2. The van der Waals surface area contributed by atoms with Crippen LogP contribution in [-0.4, -0.2) is 46.8 Å². The molecule has 1 unspecified atom stereocenters. The fourth-order valence-electron chi connectivity index (χ4n) is 3.59. The average molecular weight is 381 g/mol. The molecule has 0 spiro atoms. The summed E-state index contributed by atoms with van der Waals surface area (Å²) in [5.41, 5.74) is 0.765. The number of para-hydroxylation sites is 2. The minimum Gasteiger partial charge on any atom is -0.485 e. The topological polar surface area (TPSA) is 90.8 Å². The largest absolute Gasteiger partial charge is 0.485 e. The molecule has 1 amide bonds. The lowest BCUT2D eigenvalue weighted by atomic mass is 9.96. The number of carbonyl (C=O) groups excluding carboxylic acids is 1. The first-order chi connectivity index (χ1) is 13.8. The zero-order valence-corrected chi connectivity index (χ0v) is 15.1. The Morgan fingerprint density at radius 2 is 1.89 bits per heavy atom. The molecule has 8 heteroatoms. The summed E-state index contributed by atoms with van der Waals surface area (Å²) in [6.07, 6.45) is 4.07. The molecular formula is C20H19N3O5. The molecule has 2 aliphatic heterocycles. The summed E-state index contributed by atoms with van der Waals surface area (Å²) in [7, 11) is 0. The van der Waals surface area contributed by atoms with E-state index in [1.807, 2.05) is 29.2 Å². The van der Waals surface area contributed by atoms with E-state index < -0.39 is 6.10 Å². The van der Waals surface area contributed by atoms with E-state index in [-0.39, 0.29) is 18.4 Å². The lowest BCUT2D eigenvalue weighted by molar-refractivity contribution is -0.142. The predicted molar refractivity (Wildman–Crippen MR) is 96.9 cm³/mol. The van der Waals surface area contributed by atoms with Gasteiger partial charge in [-0.05, 0) is 31.0 Å². The monoisotopic (exact) mass is 381 g/mol. The lowest BCUT2D eigenvalue weighted by Crippen LogP contribution is -2.48. The van der Waals surface area contributed by atoms with E-state index in [0.717, 1.165) is 18.4 Å². The van der Waals surface area contributed by atoms with Gasteiger partial charge in [-0.25, -0.2) is 0 Å². The molecule has 1 saturated heterocycles. The van der Waals surface area contributed by atoms with Crippen LogP contribution in [0.15, 0.2) is 51.7 Å². The Balaban J connectivity index is 1.20. The summed E-state index contributed by atoms with van der Waals surface area (Å²) < 4.78 is 22.3. The number of ether oxygens (including phenoxy) is 2. The van der Waals surface area contributed by atoms with Gasteiger partial charge in [0.2, 0.25) is 12.0 Å². The van der Waals surface area contributed by atoms with Gasteiger partial charge in [-0.3, -0.25) is 4.79 Å². The molecule has 3 aromatic rings. The third kappa shape index (κ3) is 3.11. The number of furan rings is 1. The maximum Gasteiger partial charge on any atom is 0.267 e. The molecular weight excluding hydrogens is 362 g/mol. The van der Waals surface area contributed by atoms with Gasteiger partial charge in [0, 0.05) is 19.0 Å². The highest BCUT2D eigenvalue weighted by Gasteiger charge is 2.34. The standard InChI is InChI=1S/C20H19N3O5/c24-20(17-12-26-15-3-1-2-4-16(15)27-17)23-8-5-13(6-9-23)18-21-22-19(28-18)14-7-10-25-11-14/h1-4,7,10-11,13,17H,5-6,8-9,12H2. The lowest BCUT2D eigenvalue weighted by Gasteiger charge is -2.34. The van der Waals surface area contributed by atoms with Gasteiger partial charge in [-0.2, -0.15) is 0 Å². The van der Waals surface area contributed by atoms with Crippen LogP contribution in [0.3, 0.4) is 0 Å². The van der Waals surface area contributed by atoms with E-state index in [0.29, 0.717) is 36.4 Å². The van der Waals surface area contributed by atoms with Crippen LogP contribution in [0.1, 0.15) is 24.7 Å². The van der Waals surface area contributed by atoms with E-state index in [4.69, 9.17) is 18.3 Å². The van der Waals surface area contributed by atoms with E-state index in [2.05, 4.69) is 10.2 Å². The van der Waals surface area contributed by atoms with E-state index in [1.54, 1.807) is 18.6 Å². The second kappa shape index (κ2) is 7.03. The molecule has 8 nitrogen and oxygen atoms in total. The van der Waals surface area contributed by atoms with Crippen molar-refractivity contribution in [1.82, 2.24) is 15.1 Å². The molecule has 2 aliphatic rings. The van der Waals surface area contributed by atoms with E-state index in [9.17, 15) is 4.79 Å². The highest BCUT2D eigenvalue weighted by atomic mass is 16.6. The zero-order chi connectivity index (χ0) is 18.9. The van der Waals surface area contributed by atoms with Crippen LogP contribution >= 0.6 is 0 Å².